The first-order valence-corrected chi connectivity index (χ1v) is 6.99. The van der Waals surface area contributed by atoms with Crippen LogP contribution >= 0.6 is 15.9 Å². The highest BCUT2D eigenvalue weighted by atomic mass is 79.9. The zero-order chi connectivity index (χ0) is 13.5. The van der Waals surface area contributed by atoms with Crippen molar-refractivity contribution in [1.82, 2.24) is 10.6 Å². The normalized spacial score (nSPS) is 18.9. The Morgan fingerprint density at radius 1 is 1.26 bits per heavy atom. The minimum atomic E-state index is -0.197. The molecule has 1 aromatic carbocycles. The van der Waals surface area contributed by atoms with Crippen LogP contribution in [0.1, 0.15) is 5.56 Å². The largest absolute Gasteiger partial charge is 0.376 e. The van der Waals surface area contributed by atoms with Crippen LogP contribution in [0.5, 0.6) is 0 Å². The van der Waals surface area contributed by atoms with E-state index in [0.717, 1.165) is 10.0 Å². The van der Waals surface area contributed by atoms with E-state index in [0.29, 0.717) is 32.9 Å². The van der Waals surface area contributed by atoms with E-state index in [1.165, 1.54) is 0 Å². The molecule has 1 atom stereocenters. The van der Waals surface area contributed by atoms with Crippen LogP contribution in [0.15, 0.2) is 28.7 Å². The Morgan fingerprint density at radius 2 is 2.05 bits per heavy atom. The molecule has 1 fully saturated rings. The minimum Gasteiger partial charge on any atom is -0.376 e. The number of ether oxygens (including phenoxy) is 2. The number of carbonyl (C=O) groups excluding carboxylic acids is 1. The summed E-state index contributed by atoms with van der Waals surface area (Å²) in [6.45, 7) is 2.72. The summed E-state index contributed by atoms with van der Waals surface area (Å²) < 4.78 is 11.7. The van der Waals surface area contributed by atoms with Crippen LogP contribution in [0.2, 0.25) is 0 Å². The molecule has 5 nitrogen and oxygen atoms in total. The molecule has 0 saturated carbocycles. The average molecular weight is 329 g/mol. The van der Waals surface area contributed by atoms with Crippen LogP contribution in [-0.4, -0.2) is 38.5 Å². The van der Waals surface area contributed by atoms with Gasteiger partial charge in [0.25, 0.3) is 0 Å². The first-order chi connectivity index (χ1) is 9.24. The Labute approximate surface area is 120 Å². The van der Waals surface area contributed by atoms with Crippen LogP contribution in [0.4, 0.5) is 4.79 Å². The summed E-state index contributed by atoms with van der Waals surface area (Å²) in [4.78, 5) is 11.6. The van der Waals surface area contributed by atoms with Crippen molar-refractivity contribution in [2.45, 2.75) is 12.6 Å². The second kappa shape index (κ2) is 7.47. The van der Waals surface area contributed by atoms with Gasteiger partial charge in [0.1, 0.15) is 0 Å². The van der Waals surface area contributed by atoms with Crippen LogP contribution in [0.3, 0.4) is 0 Å². The molecule has 0 radical (unpaired) electrons. The van der Waals surface area contributed by atoms with E-state index < -0.39 is 0 Å². The van der Waals surface area contributed by atoms with E-state index in [9.17, 15) is 4.79 Å². The maximum atomic E-state index is 11.6. The van der Waals surface area contributed by atoms with Gasteiger partial charge in [0.15, 0.2) is 0 Å². The van der Waals surface area contributed by atoms with Crippen molar-refractivity contribution in [1.29, 1.82) is 0 Å². The number of amides is 2. The van der Waals surface area contributed by atoms with Gasteiger partial charge in [-0.1, -0.05) is 28.1 Å². The van der Waals surface area contributed by atoms with E-state index in [-0.39, 0.29) is 12.1 Å². The minimum absolute atomic E-state index is 0.0489. The molecule has 2 rings (SSSR count). The maximum absolute atomic E-state index is 11.6. The standard InChI is InChI=1S/C13H17BrN2O3/c14-11-3-1-10(2-4-11)7-15-13(17)16-8-12-9-18-5-6-19-12/h1-4,12H,5-9H2,(H2,15,16,17)/t12-/m0/s1. The zero-order valence-corrected chi connectivity index (χ0v) is 12.1. The highest BCUT2D eigenvalue weighted by Gasteiger charge is 2.14. The predicted molar refractivity (Wildman–Crippen MR) is 74.9 cm³/mol. The number of urea groups is 1. The van der Waals surface area contributed by atoms with Gasteiger partial charge >= 0.3 is 6.03 Å². The number of benzene rings is 1. The number of hydrogen-bond donors (Lipinski definition) is 2. The second-order valence-corrected chi connectivity index (χ2v) is 5.17. The number of carbonyl (C=O) groups is 1. The van der Waals surface area contributed by atoms with Crippen LogP contribution in [-0.2, 0) is 16.0 Å². The molecular formula is C13H17BrN2O3. The quantitative estimate of drug-likeness (QED) is 0.883. The summed E-state index contributed by atoms with van der Waals surface area (Å²) >= 11 is 3.37. The van der Waals surface area contributed by atoms with Crippen LogP contribution in [0.25, 0.3) is 0 Å². The fourth-order valence-corrected chi connectivity index (χ4v) is 1.97. The third-order valence-electron chi connectivity index (χ3n) is 2.74. The first kappa shape index (κ1) is 14.3. The first-order valence-electron chi connectivity index (χ1n) is 6.19. The number of rotatable bonds is 4. The van der Waals surface area contributed by atoms with Gasteiger partial charge in [0, 0.05) is 17.6 Å². The molecule has 1 saturated heterocycles. The van der Waals surface area contributed by atoms with Crippen molar-refractivity contribution < 1.29 is 14.3 Å². The Kier molecular flexibility index (Phi) is 5.62. The lowest BCUT2D eigenvalue weighted by atomic mass is 10.2. The Morgan fingerprint density at radius 3 is 2.74 bits per heavy atom. The third kappa shape index (κ3) is 5.18. The highest BCUT2D eigenvalue weighted by molar-refractivity contribution is 9.10. The van der Waals surface area contributed by atoms with Gasteiger partial charge < -0.3 is 20.1 Å². The molecule has 1 aliphatic rings. The second-order valence-electron chi connectivity index (χ2n) is 4.26. The van der Waals surface area contributed by atoms with Crippen molar-refractivity contribution in [3.05, 3.63) is 34.3 Å². The molecule has 0 spiro atoms. The summed E-state index contributed by atoms with van der Waals surface area (Å²) in [7, 11) is 0. The van der Waals surface area contributed by atoms with Gasteiger partial charge in [0.2, 0.25) is 0 Å². The SMILES string of the molecule is O=C(NCc1ccc(Br)cc1)NC[C@H]1COCCO1. The summed E-state index contributed by atoms with van der Waals surface area (Å²) in [5.41, 5.74) is 1.05. The highest BCUT2D eigenvalue weighted by Crippen LogP contribution is 2.10. The molecular weight excluding hydrogens is 312 g/mol. The average Bonchev–Trinajstić information content (AvgIpc) is 2.45. The molecule has 6 heteroatoms. The van der Waals surface area contributed by atoms with Gasteiger partial charge in [0.05, 0.1) is 25.9 Å². The maximum Gasteiger partial charge on any atom is 0.315 e. The molecule has 104 valence electrons. The summed E-state index contributed by atoms with van der Waals surface area (Å²) in [5.74, 6) is 0. The molecule has 2 N–H and O–H groups in total. The van der Waals surface area contributed by atoms with Crippen LogP contribution in [0, 0.1) is 0 Å². The fourth-order valence-electron chi connectivity index (χ4n) is 1.71. The molecule has 0 aliphatic carbocycles. The lowest BCUT2D eigenvalue weighted by Gasteiger charge is -2.23. The zero-order valence-electron chi connectivity index (χ0n) is 10.5. The van der Waals surface area contributed by atoms with Gasteiger partial charge in [-0.2, -0.15) is 0 Å². The van der Waals surface area contributed by atoms with Crippen molar-refractivity contribution in [3.63, 3.8) is 0 Å². The monoisotopic (exact) mass is 328 g/mol. The summed E-state index contributed by atoms with van der Waals surface area (Å²) in [6, 6.07) is 7.62. The van der Waals surface area contributed by atoms with E-state index in [1.807, 2.05) is 24.3 Å². The topological polar surface area (TPSA) is 59.6 Å². The van der Waals surface area contributed by atoms with Crippen molar-refractivity contribution >= 4 is 22.0 Å². The number of nitrogens with one attached hydrogen (secondary N) is 2. The van der Waals surface area contributed by atoms with E-state index in [4.69, 9.17) is 9.47 Å². The Bertz CT molecular complexity index is 405. The van der Waals surface area contributed by atoms with E-state index in [1.54, 1.807) is 0 Å². The van der Waals surface area contributed by atoms with E-state index in [2.05, 4.69) is 26.6 Å². The molecule has 1 heterocycles. The van der Waals surface area contributed by atoms with Crippen LogP contribution < -0.4 is 10.6 Å². The van der Waals surface area contributed by atoms with Gasteiger partial charge in [-0.15, -0.1) is 0 Å². The smallest absolute Gasteiger partial charge is 0.315 e. The summed E-state index contributed by atoms with van der Waals surface area (Å²) in [5, 5.41) is 5.57. The molecule has 0 aromatic heterocycles. The lowest BCUT2D eigenvalue weighted by Crippen LogP contribution is -2.43. The van der Waals surface area contributed by atoms with Crippen molar-refractivity contribution in [2.24, 2.45) is 0 Å². The lowest BCUT2D eigenvalue weighted by molar-refractivity contribution is -0.0853. The Balaban J connectivity index is 1.65. The van der Waals surface area contributed by atoms with Crippen molar-refractivity contribution in [3.8, 4) is 0 Å². The molecule has 0 unspecified atom stereocenters. The van der Waals surface area contributed by atoms with Gasteiger partial charge in [-0.3, -0.25) is 0 Å². The van der Waals surface area contributed by atoms with Gasteiger partial charge in [-0.25, -0.2) is 4.79 Å². The van der Waals surface area contributed by atoms with Crippen molar-refractivity contribution in [2.75, 3.05) is 26.4 Å². The Hall–Kier alpha value is -1.11. The molecule has 2 amide bonds. The molecule has 0 bridgehead atoms. The summed E-state index contributed by atoms with van der Waals surface area (Å²) in [6.07, 6.45) is -0.0489. The third-order valence-corrected chi connectivity index (χ3v) is 3.27. The molecule has 19 heavy (non-hydrogen) atoms. The number of hydrogen-bond acceptors (Lipinski definition) is 3. The molecule has 1 aromatic rings. The van der Waals surface area contributed by atoms with Gasteiger partial charge in [-0.05, 0) is 17.7 Å². The fraction of sp³-hybridized carbons (Fsp3) is 0.462. The molecule has 1 aliphatic heterocycles. The van der Waals surface area contributed by atoms with E-state index >= 15 is 0 Å². The number of halogens is 1. The predicted octanol–water partition coefficient (Wildman–Crippen LogP) is 1.66.